The summed E-state index contributed by atoms with van der Waals surface area (Å²) in [5.74, 6) is -0.438. The Morgan fingerprint density at radius 2 is 2.00 bits per heavy atom. The molecule has 1 aromatic heterocycles. The molecule has 1 aliphatic heterocycles. The standard InChI is InChI=1S/C21H22ClFN4O/c1-15-9-16(26-17-3-5-18(22)19(23)10-17)4-6-20(15)24-11-21(13-28-14-21)12-27-8-2-7-25-27/h2-10,24,26H,11-14H2,1H3. The largest absolute Gasteiger partial charge is 0.384 e. The van der Waals surface area contributed by atoms with Crippen molar-refractivity contribution in [2.45, 2.75) is 13.5 Å². The summed E-state index contributed by atoms with van der Waals surface area (Å²) < 4.78 is 21.0. The minimum Gasteiger partial charge on any atom is -0.384 e. The van der Waals surface area contributed by atoms with Crippen molar-refractivity contribution in [3.63, 3.8) is 0 Å². The molecule has 2 aromatic carbocycles. The molecule has 0 saturated carbocycles. The molecule has 0 unspecified atom stereocenters. The van der Waals surface area contributed by atoms with Crippen molar-refractivity contribution in [3.8, 4) is 0 Å². The fourth-order valence-corrected chi connectivity index (χ4v) is 3.46. The number of nitrogens with zero attached hydrogens (tertiary/aromatic N) is 2. The topological polar surface area (TPSA) is 51.1 Å². The van der Waals surface area contributed by atoms with Gasteiger partial charge in [-0.05, 0) is 55.0 Å². The fourth-order valence-electron chi connectivity index (χ4n) is 3.34. The average molecular weight is 401 g/mol. The third-order valence-electron chi connectivity index (χ3n) is 4.96. The number of halogens is 2. The third kappa shape index (κ3) is 4.13. The molecule has 146 valence electrons. The van der Waals surface area contributed by atoms with Crippen LogP contribution in [0.25, 0.3) is 0 Å². The molecule has 5 nitrogen and oxygen atoms in total. The van der Waals surface area contributed by atoms with Crippen LogP contribution in [0.5, 0.6) is 0 Å². The Morgan fingerprint density at radius 1 is 1.21 bits per heavy atom. The van der Waals surface area contributed by atoms with Crippen LogP contribution >= 0.6 is 11.6 Å². The Morgan fingerprint density at radius 3 is 2.64 bits per heavy atom. The second kappa shape index (κ2) is 7.81. The molecule has 28 heavy (non-hydrogen) atoms. The summed E-state index contributed by atoms with van der Waals surface area (Å²) in [6, 6.07) is 12.7. The number of ether oxygens (including phenoxy) is 1. The number of hydrogen-bond donors (Lipinski definition) is 2. The van der Waals surface area contributed by atoms with E-state index in [1.165, 1.54) is 6.07 Å². The van der Waals surface area contributed by atoms with Gasteiger partial charge in [0, 0.05) is 36.0 Å². The molecule has 0 atom stereocenters. The first-order chi connectivity index (χ1) is 13.5. The summed E-state index contributed by atoms with van der Waals surface area (Å²) in [6.07, 6.45) is 3.77. The minimum atomic E-state index is -0.438. The smallest absolute Gasteiger partial charge is 0.143 e. The number of hydrogen-bond acceptors (Lipinski definition) is 4. The van der Waals surface area contributed by atoms with Crippen molar-refractivity contribution >= 4 is 28.7 Å². The van der Waals surface area contributed by atoms with E-state index in [-0.39, 0.29) is 10.4 Å². The molecule has 0 amide bonds. The maximum Gasteiger partial charge on any atom is 0.143 e. The maximum atomic E-state index is 13.6. The molecule has 0 spiro atoms. The van der Waals surface area contributed by atoms with E-state index in [9.17, 15) is 4.39 Å². The van der Waals surface area contributed by atoms with Crippen LogP contribution in [0.4, 0.5) is 21.5 Å². The molecular formula is C21H22ClFN4O. The van der Waals surface area contributed by atoms with Gasteiger partial charge in [-0.3, -0.25) is 4.68 Å². The number of aromatic nitrogens is 2. The predicted molar refractivity (Wildman–Crippen MR) is 110 cm³/mol. The molecule has 4 rings (SSSR count). The zero-order valence-corrected chi connectivity index (χ0v) is 16.3. The number of benzene rings is 2. The van der Waals surface area contributed by atoms with E-state index in [0.29, 0.717) is 5.69 Å². The predicted octanol–water partition coefficient (Wildman–Crippen LogP) is 4.86. The zero-order valence-electron chi connectivity index (χ0n) is 15.6. The fraction of sp³-hybridized carbons (Fsp3) is 0.286. The summed E-state index contributed by atoms with van der Waals surface area (Å²) >= 11 is 5.74. The van der Waals surface area contributed by atoms with Crippen LogP contribution in [0.15, 0.2) is 54.9 Å². The van der Waals surface area contributed by atoms with Crippen LogP contribution in [-0.2, 0) is 11.3 Å². The molecule has 3 aromatic rings. The Balaban J connectivity index is 1.41. The van der Waals surface area contributed by atoms with Gasteiger partial charge < -0.3 is 15.4 Å². The minimum absolute atomic E-state index is 0.0518. The van der Waals surface area contributed by atoms with E-state index in [2.05, 4.69) is 15.7 Å². The van der Waals surface area contributed by atoms with Gasteiger partial charge in [0.15, 0.2) is 0 Å². The summed E-state index contributed by atoms with van der Waals surface area (Å²) in [7, 11) is 0. The van der Waals surface area contributed by atoms with E-state index >= 15 is 0 Å². The molecule has 1 fully saturated rings. The quantitative estimate of drug-likeness (QED) is 0.595. The van der Waals surface area contributed by atoms with Gasteiger partial charge in [-0.15, -0.1) is 0 Å². The lowest BCUT2D eigenvalue weighted by Crippen LogP contribution is -2.50. The highest BCUT2D eigenvalue weighted by Gasteiger charge is 2.39. The molecule has 1 aliphatic rings. The lowest BCUT2D eigenvalue weighted by molar-refractivity contribution is -0.114. The van der Waals surface area contributed by atoms with Gasteiger partial charge in [0.2, 0.25) is 0 Å². The van der Waals surface area contributed by atoms with Crippen molar-refractivity contribution in [1.82, 2.24) is 9.78 Å². The van der Waals surface area contributed by atoms with Crippen LogP contribution < -0.4 is 10.6 Å². The molecule has 2 N–H and O–H groups in total. The molecule has 0 radical (unpaired) electrons. The number of rotatable bonds is 7. The van der Waals surface area contributed by atoms with Gasteiger partial charge in [0.05, 0.1) is 30.2 Å². The summed E-state index contributed by atoms with van der Waals surface area (Å²) in [6.45, 7) is 5.13. The van der Waals surface area contributed by atoms with Crippen molar-refractivity contribution in [2.75, 3.05) is 30.4 Å². The number of aryl methyl sites for hydroxylation is 1. The maximum absolute atomic E-state index is 13.6. The Labute approximate surface area is 168 Å². The summed E-state index contributed by atoms with van der Waals surface area (Å²) in [4.78, 5) is 0. The van der Waals surface area contributed by atoms with Crippen molar-refractivity contribution in [2.24, 2.45) is 5.41 Å². The Kier molecular flexibility index (Phi) is 5.24. The van der Waals surface area contributed by atoms with E-state index < -0.39 is 5.82 Å². The van der Waals surface area contributed by atoms with Crippen LogP contribution in [-0.4, -0.2) is 29.5 Å². The Hall–Kier alpha value is -2.57. The number of nitrogens with one attached hydrogen (secondary N) is 2. The van der Waals surface area contributed by atoms with Crippen molar-refractivity contribution in [3.05, 3.63) is 71.3 Å². The highest BCUT2D eigenvalue weighted by molar-refractivity contribution is 6.30. The zero-order chi connectivity index (χ0) is 19.6. The second-order valence-electron chi connectivity index (χ2n) is 7.33. The van der Waals surface area contributed by atoms with Gasteiger partial charge in [0.25, 0.3) is 0 Å². The van der Waals surface area contributed by atoms with Crippen molar-refractivity contribution < 1.29 is 9.13 Å². The van der Waals surface area contributed by atoms with Gasteiger partial charge in [0.1, 0.15) is 5.82 Å². The van der Waals surface area contributed by atoms with E-state index in [0.717, 1.165) is 43.2 Å². The SMILES string of the molecule is Cc1cc(Nc2ccc(Cl)c(F)c2)ccc1NCC1(Cn2cccn2)COC1. The lowest BCUT2D eigenvalue weighted by Gasteiger charge is -2.41. The van der Waals surface area contributed by atoms with E-state index in [1.54, 1.807) is 18.3 Å². The first-order valence-electron chi connectivity index (χ1n) is 9.15. The molecule has 2 heterocycles. The summed E-state index contributed by atoms with van der Waals surface area (Å²) in [5.41, 5.74) is 3.78. The number of anilines is 3. The monoisotopic (exact) mass is 400 g/mol. The second-order valence-corrected chi connectivity index (χ2v) is 7.74. The van der Waals surface area contributed by atoms with Gasteiger partial charge in [-0.2, -0.15) is 5.10 Å². The normalized spacial score (nSPS) is 15.1. The third-order valence-corrected chi connectivity index (χ3v) is 5.27. The van der Waals surface area contributed by atoms with Crippen LogP contribution in [0.1, 0.15) is 5.56 Å². The van der Waals surface area contributed by atoms with Gasteiger partial charge in [-0.25, -0.2) is 4.39 Å². The van der Waals surface area contributed by atoms with E-state index in [4.69, 9.17) is 16.3 Å². The van der Waals surface area contributed by atoms with Crippen LogP contribution in [0.2, 0.25) is 5.02 Å². The van der Waals surface area contributed by atoms with Crippen LogP contribution in [0.3, 0.4) is 0 Å². The molecule has 0 aliphatic carbocycles. The molecule has 1 saturated heterocycles. The molecule has 0 bridgehead atoms. The Bertz CT molecular complexity index is 957. The first-order valence-corrected chi connectivity index (χ1v) is 9.53. The molecular weight excluding hydrogens is 379 g/mol. The average Bonchev–Trinajstić information content (AvgIpc) is 3.14. The summed E-state index contributed by atoms with van der Waals surface area (Å²) in [5, 5.41) is 11.2. The highest BCUT2D eigenvalue weighted by Crippen LogP contribution is 2.31. The molecule has 7 heteroatoms. The first kappa shape index (κ1) is 18.8. The van der Waals surface area contributed by atoms with E-state index in [1.807, 2.05) is 42.1 Å². The van der Waals surface area contributed by atoms with Crippen LogP contribution in [0, 0.1) is 18.2 Å². The van der Waals surface area contributed by atoms with Gasteiger partial charge >= 0.3 is 0 Å². The lowest BCUT2D eigenvalue weighted by atomic mass is 9.85. The van der Waals surface area contributed by atoms with Crippen molar-refractivity contribution in [1.29, 1.82) is 0 Å². The highest BCUT2D eigenvalue weighted by atomic mass is 35.5. The van der Waals surface area contributed by atoms with Gasteiger partial charge in [-0.1, -0.05) is 11.6 Å².